The summed E-state index contributed by atoms with van der Waals surface area (Å²) in [6.07, 6.45) is 0. The Kier molecular flexibility index (Phi) is 5.83. The minimum Gasteiger partial charge on any atom is -0.496 e. The molecule has 1 aromatic rings. The van der Waals surface area contributed by atoms with E-state index in [0.717, 1.165) is 51.6 Å². The number of para-hydroxylation sites is 1. The predicted molar refractivity (Wildman–Crippen MR) is 82.9 cm³/mol. The van der Waals surface area contributed by atoms with Crippen molar-refractivity contribution in [1.29, 1.82) is 0 Å². The fraction of sp³-hybridized carbons (Fsp3) is 0.625. The molecule has 1 fully saturated rings. The predicted octanol–water partition coefficient (Wildman–Crippen LogP) is 1.41. The second-order valence-corrected chi connectivity index (χ2v) is 5.73. The molecule has 112 valence electrons. The van der Waals surface area contributed by atoms with Gasteiger partial charge in [0.2, 0.25) is 0 Å². The molecule has 1 aliphatic heterocycles. The molecule has 4 nitrogen and oxygen atoms in total. The smallest absolute Gasteiger partial charge is 0.123 e. The number of piperazine rings is 1. The second kappa shape index (κ2) is 7.62. The molecule has 0 aliphatic carbocycles. The highest BCUT2D eigenvalue weighted by atomic mass is 16.5. The van der Waals surface area contributed by atoms with E-state index in [2.05, 4.69) is 28.9 Å². The van der Waals surface area contributed by atoms with Crippen LogP contribution in [0, 0.1) is 5.92 Å². The third-order valence-electron chi connectivity index (χ3n) is 4.02. The summed E-state index contributed by atoms with van der Waals surface area (Å²) in [5.74, 6) is 1.59. The topological polar surface area (TPSA) is 41.7 Å². The maximum atomic E-state index is 5.70. The van der Waals surface area contributed by atoms with E-state index in [1.165, 1.54) is 5.56 Å². The zero-order chi connectivity index (χ0) is 14.4. The van der Waals surface area contributed by atoms with Crippen molar-refractivity contribution in [3.8, 4) is 5.75 Å². The molecular formula is C16H27N3O. The SMILES string of the molecule is COc1ccccc1CN1CCN(CC(C)CN)CC1. The normalized spacial score (nSPS) is 18.9. The summed E-state index contributed by atoms with van der Waals surface area (Å²) >= 11 is 0. The Labute approximate surface area is 122 Å². The van der Waals surface area contributed by atoms with Crippen molar-refractivity contribution in [2.24, 2.45) is 11.7 Å². The summed E-state index contributed by atoms with van der Waals surface area (Å²) in [7, 11) is 1.74. The van der Waals surface area contributed by atoms with E-state index in [-0.39, 0.29) is 0 Å². The molecular weight excluding hydrogens is 250 g/mol. The highest BCUT2D eigenvalue weighted by Gasteiger charge is 2.18. The first kappa shape index (κ1) is 15.3. The molecule has 1 atom stereocenters. The number of methoxy groups -OCH3 is 1. The highest BCUT2D eigenvalue weighted by Crippen LogP contribution is 2.20. The van der Waals surface area contributed by atoms with Crippen molar-refractivity contribution in [3.63, 3.8) is 0 Å². The molecule has 4 heteroatoms. The lowest BCUT2D eigenvalue weighted by atomic mass is 10.1. The van der Waals surface area contributed by atoms with Crippen LogP contribution in [0.15, 0.2) is 24.3 Å². The van der Waals surface area contributed by atoms with E-state index in [1.807, 2.05) is 12.1 Å². The van der Waals surface area contributed by atoms with Crippen LogP contribution in [0.5, 0.6) is 5.75 Å². The van der Waals surface area contributed by atoms with Gasteiger partial charge in [-0.25, -0.2) is 0 Å². The van der Waals surface area contributed by atoms with E-state index in [9.17, 15) is 0 Å². The van der Waals surface area contributed by atoms with Crippen molar-refractivity contribution in [2.75, 3.05) is 46.4 Å². The molecule has 0 saturated carbocycles. The summed E-state index contributed by atoms with van der Waals surface area (Å²) in [5.41, 5.74) is 6.98. The van der Waals surface area contributed by atoms with Crippen LogP contribution >= 0.6 is 0 Å². The molecule has 1 saturated heterocycles. The number of nitrogens with two attached hydrogens (primary N) is 1. The number of rotatable bonds is 6. The lowest BCUT2D eigenvalue weighted by molar-refractivity contribution is 0.115. The second-order valence-electron chi connectivity index (χ2n) is 5.73. The van der Waals surface area contributed by atoms with Crippen molar-refractivity contribution >= 4 is 0 Å². The van der Waals surface area contributed by atoms with Crippen molar-refractivity contribution in [2.45, 2.75) is 13.5 Å². The average molecular weight is 277 g/mol. The molecule has 20 heavy (non-hydrogen) atoms. The van der Waals surface area contributed by atoms with Gasteiger partial charge in [-0.05, 0) is 18.5 Å². The minimum absolute atomic E-state index is 0.593. The average Bonchev–Trinajstić information content (AvgIpc) is 2.49. The number of nitrogens with zero attached hydrogens (tertiary/aromatic N) is 2. The van der Waals surface area contributed by atoms with Crippen LogP contribution in [0.3, 0.4) is 0 Å². The van der Waals surface area contributed by atoms with Gasteiger partial charge < -0.3 is 15.4 Å². The van der Waals surface area contributed by atoms with E-state index in [4.69, 9.17) is 10.5 Å². The molecule has 2 rings (SSSR count). The molecule has 0 aromatic heterocycles. The van der Waals surface area contributed by atoms with Gasteiger partial charge in [0, 0.05) is 44.8 Å². The number of hydrogen-bond donors (Lipinski definition) is 1. The zero-order valence-corrected chi connectivity index (χ0v) is 12.7. The third-order valence-corrected chi connectivity index (χ3v) is 4.02. The number of benzene rings is 1. The first-order chi connectivity index (χ1) is 9.72. The molecule has 0 amide bonds. The summed E-state index contributed by atoms with van der Waals surface area (Å²) in [6, 6.07) is 8.29. The molecule has 0 spiro atoms. The summed E-state index contributed by atoms with van der Waals surface area (Å²) in [4.78, 5) is 5.03. The Balaban J connectivity index is 1.82. The monoisotopic (exact) mass is 277 g/mol. The van der Waals surface area contributed by atoms with Crippen molar-refractivity contribution in [3.05, 3.63) is 29.8 Å². The van der Waals surface area contributed by atoms with Gasteiger partial charge >= 0.3 is 0 Å². The molecule has 1 aromatic carbocycles. The van der Waals surface area contributed by atoms with Gasteiger partial charge in [-0.3, -0.25) is 4.90 Å². The van der Waals surface area contributed by atoms with Gasteiger partial charge in [0.1, 0.15) is 5.75 Å². The van der Waals surface area contributed by atoms with Crippen LogP contribution in [0.1, 0.15) is 12.5 Å². The maximum absolute atomic E-state index is 5.70. The molecule has 0 bridgehead atoms. The Bertz CT molecular complexity index is 402. The highest BCUT2D eigenvalue weighted by molar-refractivity contribution is 5.33. The fourth-order valence-electron chi connectivity index (χ4n) is 2.72. The van der Waals surface area contributed by atoms with Gasteiger partial charge in [0.05, 0.1) is 7.11 Å². The van der Waals surface area contributed by atoms with Crippen LogP contribution in [-0.2, 0) is 6.54 Å². The number of hydrogen-bond acceptors (Lipinski definition) is 4. The van der Waals surface area contributed by atoms with Crippen LogP contribution in [0.25, 0.3) is 0 Å². The van der Waals surface area contributed by atoms with E-state index >= 15 is 0 Å². The van der Waals surface area contributed by atoms with Crippen molar-refractivity contribution in [1.82, 2.24) is 9.80 Å². The molecule has 0 radical (unpaired) electrons. The quantitative estimate of drug-likeness (QED) is 0.853. The minimum atomic E-state index is 0.593. The Morgan fingerprint density at radius 3 is 2.45 bits per heavy atom. The first-order valence-electron chi connectivity index (χ1n) is 7.49. The van der Waals surface area contributed by atoms with E-state index in [1.54, 1.807) is 7.11 Å². The lowest BCUT2D eigenvalue weighted by Crippen LogP contribution is -2.47. The van der Waals surface area contributed by atoms with E-state index < -0.39 is 0 Å². The van der Waals surface area contributed by atoms with Crippen LogP contribution in [0.2, 0.25) is 0 Å². The molecule has 1 heterocycles. The lowest BCUT2D eigenvalue weighted by Gasteiger charge is -2.36. The van der Waals surface area contributed by atoms with Gasteiger partial charge in [0.25, 0.3) is 0 Å². The van der Waals surface area contributed by atoms with Gasteiger partial charge in [-0.2, -0.15) is 0 Å². The standard InChI is InChI=1S/C16H27N3O/c1-14(11-17)12-18-7-9-19(10-8-18)13-15-5-3-4-6-16(15)20-2/h3-6,14H,7-13,17H2,1-2H3. The Hall–Kier alpha value is -1.10. The first-order valence-corrected chi connectivity index (χ1v) is 7.49. The van der Waals surface area contributed by atoms with Gasteiger partial charge in [-0.1, -0.05) is 25.1 Å². The summed E-state index contributed by atoms with van der Waals surface area (Å²) in [6.45, 7) is 9.62. The molecule has 1 aliphatic rings. The van der Waals surface area contributed by atoms with Crippen LogP contribution in [-0.4, -0.2) is 56.2 Å². The van der Waals surface area contributed by atoms with Crippen LogP contribution in [0.4, 0.5) is 0 Å². The van der Waals surface area contributed by atoms with Gasteiger partial charge in [0.15, 0.2) is 0 Å². The van der Waals surface area contributed by atoms with Crippen molar-refractivity contribution < 1.29 is 4.74 Å². The zero-order valence-electron chi connectivity index (χ0n) is 12.7. The fourth-order valence-corrected chi connectivity index (χ4v) is 2.72. The molecule has 1 unspecified atom stereocenters. The Morgan fingerprint density at radius 2 is 1.80 bits per heavy atom. The Morgan fingerprint density at radius 1 is 1.15 bits per heavy atom. The third kappa shape index (κ3) is 4.20. The van der Waals surface area contributed by atoms with Crippen LogP contribution < -0.4 is 10.5 Å². The summed E-state index contributed by atoms with van der Waals surface area (Å²) in [5, 5.41) is 0. The maximum Gasteiger partial charge on any atom is 0.123 e. The van der Waals surface area contributed by atoms with Gasteiger partial charge in [-0.15, -0.1) is 0 Å². The molecule has 2 N–H and O–H groups in total. The largest absolute Gasteiger partial charge is 0.496 e. The summed E-state index contributed by atoms with van der Waals surface area (Å²) < 4.78 is 5.42. The number of ether oxygens (including phenoxy) is 1. The van der Waals surface area contributed by atoms with E-state index in [0.29, 0.717) is 5.92 Å².